The number of halogens is 2. The van der Waals surface area contributed by atoms with Crippen LogP contribution >= 0.6 is 11.6 Å². The molecule has 3 nitrogen and oxygen atoms in total. The van der Waals surface area contributed by atoms with E-state index in [2.05, 4.69) is 5.32 Å². The van der Waals surface area contributed by atoms with E-state index < -0.39 is 11.7 Å². The highest BCUT2D eigenvalue weighted by atomic mass is 35.5. The summed E-state index contributed by atoms with van der Waals surface area (Å²) in [6.45, 7) is 1.87. The van der Waals surface area contributed by atoms with Crippen LogP contribution in [0.1, 0.15) is 16.1 Å². The summed E-state index contributed by atoms with van der Waals surface area (Å²) in [5.41, 5.74) is 1.78. The van der Waals surface area contributed by atoms with Crippen molar-refractivity contribution in [2.24, 2.45) is 0 Å². The molecule has 3 aromatic rings. The number of nitrogens with one attached hydrogen (secondary N) is 1. The van der Waals surface area contributed by atoms with E-state index in [4.69, 9.17) is 16.0 Å². The van der Waals surface area contributed by atoms with Crippen LogP contribution in [0.4, 0.5) is 10.1 Å². The number of amides is 1. The van der Waals surface area contributed by atoms with Gasteiger partial charge in [0.25, 0.3) is 5.91 Å². The fourth-order valence-corrected chi connectivity index (χ4v) is 2.40. The van der Waals surface area contributed by atoms with E-state index in [1.807, 2.05) is 19.1 Å². The van der Waals surface area contributed by atoms with Crippen molar-refractivity contribution in [2.75, 3.05) is 5.32 Å². The van der Waals surface area contributed by atoms with Crippen LogP contribution in [0.2, 0.25) is 5.02 Å². The van der Waals surface area contributed by atoms with Crippen LogP contribution in [0.15, 0.2) is 59.0 Å². The third kappa shape index (κ3) is 3.12. The van der Waals surface area contributed by atoms with Gasteiger partial charge in [0.05, 0.1) is 5.69 Å². The van der Waals surface area contributed by atoms with Crippen LogP contribution in [0.25, 0.3) is 11.3 Å². The van der Waals surface area contributed by atoms with Gasteiger partial charge < -0.3 is 9.73 Å². The molecule has 1 N–H and O–H groups in total. The first-order valence-corrected chi connectivity index (χ1v) is 7.35. The molecule has 0 atom stereocenters. The first kappa shape index (κ1) is 15.3. The lowest BCUT2D eigenvalue weighted by Crippen LogP contribution is -2.11. The molecule has 2 aromatic carbocycles. The van der Waals surface area contributed by atoms with Gasteiger partial charge in [0.1, 0.15) is 11.6 Å². The summed E-state index contributed by atoms with van der Waals surface area (Å²) < 4.78 is 19.2. The topological polar surface area (TPSA) is 42.2 Å². The Labute approximate surface area is 137 Å². The van der Waals surface area contributed by atoms with Crippen LogP contribution in [-0.4, -0.2) is 5.91 Å². The van der Waals surface area contributed by atoms with E-state index in [-0.39, 0.29) is 11.4 Å². The molecule has 0 spiro atoms. The minimum atomic E-state index is -0.513. The molecule has 1 heterocycles. The van der Waals surface area contributed by atoms with Gasteiger partial charge in [0.2, 0.25) is 0 Å². The number of rotatable bonds is 3. The minimum Gasteiger partial charge on any atom is -0.451 e. The molecular weight excluding hydrogens is 317 g/mol. The average Bonchev–Trinajstić information content (AvgIpc) is 3.02. The third-order valence-corrected chi connectivity index (χ3v) is 3.89. The van der Waals surface area contributed by atoms with Crippen LogP contribution in [-0.2, 0) is 0 Å². The molecule has 0 unspecified atom stereocenters. The molecule has 0 aliphatic heterocycles. The number of carbonyl (C=O) groups is 1. The molecule has 0 aliphatic rings. The number of hydrogen-bond donors (Lipinski definition) is 1. The average molecular weight is 330 g/mol. The number of para-hydroxylation sites is 1. The molecule has 1 aromatic heterocycles. The summed E-state index contributed by atoms with van der Waals surface area (Å²) in [5.74, 6) is -0.384. The molecule has 0 radical (unpaired) electrons. The first-order chi connectivity index (χ1) is 11.1. The molecule has 116 valence electrons. The van der Waals surface area contributed by atoms with Crippen LogP contribution < -0.4 is 5.32 Å². The Morgan fingerprint density at radius 1 is 1.09 bits per heavy atom. The van der Waals surface area contributed by atoms with Crippen LogP contribution in [0, 0.1) is 12.7 Å². The lowest BCUT2D eigenvalue weighted by atomic mass is 10.1. The Bertz CT molecular complexity index is 873. The molecular formula is C18H13ClFNO2. The predicted molar refractivity (Wildman–Crippen MR) is 88.2 cm³/mol. The second-order valence-electron chi connectivity index (χ2n) is 5.01. The van der Waals surface area contributed by atoms with E-state index in [1.165, 1.54) is 12.1 Å². The van der Waals surface area contributed by atoms with Gasteiger partial charge in [0, 0.05) is 10.6 Å². The van der Waals surface area contributed by atoms with Crippen molar-refractivity contribution in [3.8, 4) is 11.3 Å². The van der Waals surface area contributed by atoms with Crippen molar-refractivity contribution in [2.45, 2.75) is 6.92 Å². The molecule has 0 bridgehead atoms. The quantitative estimate of drug-likeness (QED) is 0.708. The predicted octanol–water partition coefficient (Wildman–Crippen LogP) is 5.30. The second kappa shape index (κ2) is 6.26. The smallest absolute Gasteiger partial charge is 0.291 e. The molecule has 5 heteroatoms. The Hall–Kier alpha value is -2.59. The van der Waals surface area contributed by atoms with Gasteiger partial charge >= 0.3 is 0 Å². The minimum absolute atomic E-state index is 0.0997. The fraction of sp³-hybridized carbons (Fsp3) is 0.0556. The number of benzene rings is 2. The highest BCUT2D eigenvalue weighted by molar-refractivity contribution is 6.31. The van der Waals surface area contributed by atoms with Gasteiger partial charge in [-0.2, -0.15) is 0 Å². The molecule has 0 fully saturated rings. The summed E-state index contributed by atoms with van der Waals surface area (Å²) in [6, 6.07) is 14.6. The molecule has 1 amide bonds. The van der Waals surface area contributed by atoms with Crippen molar-refractivity contribution in [3.63, 3.8) is 0 Å². The van der Waals surface area contributed by atoms with Crippen LogP contribution in [0.5, 0.6) is 0 Å². The maximum atomic E-state index is 13.6. The van der Waals surface area contributed by atoms with Crippen molar-refractivity contribution in [1.29, 1.82) is 0 Å². The zero-order valence-corrected chi connectivity index (χ0v) is 13.0. The zero-order valence-electron chi connectivity index (χ0n) is 12.3. The molecule has 23 heavy (non-hydrogen) atoms. The molecule has 0 aliphatic carbocycles. The molecule has 3 rings (SSSR count). The van der Waals surface area contributed by atoms with E-state index >= 15 is 0 Å². The highest BCUT2D eigenvalue weighted by Crippen LogP contribution is 2.30. The number of anilines is 1. The molecule has 0 saturated carbocycles. The largest absolute Gasteiger partial charge is 0.451 e. The third-order valence-electron chi connectivity index (χ3n) is 3.48. The van der Waals surface area contributed by atoms with Gasteiger partial charge in [-0.3, -0.25) is 4.79 Å². The Morgan fingerprint density at radius 2 is 1.87 bits per heavy atom. The Morgan fingerprint density at radius 3 is 2.65 bits per heavy atom. The normalized spacial score (nSPS) is 10.6. The monoisotopic (exact) mass is 329 g/mol. The van der Waals surface area contributed by atoms with E-state index in [1.54, 1.807) is 30.3 Å². The van der Waals surface area contributed by atoms with Gasteiger partial charge in [-0.15, -0.1) is 0 Å². The van der Waals surface area contributed by atoms with Crippen molar-refractivity contribution in [1.82, 2.24) is 0 Å². The lowest BCUT2D eigenvalue weighted by molar-refractivity contribution is 0.0997. The summed E-state index contributed by atoms with van der Waals surface area (Å²) in [5, 5.41) is 3.11. The standard InChI is InChI=1S/C18H13ClFNO2/c1-11-12(5-4-6-13(11)19)16-9-10-17(23-16)18(22)21-15-8-3-2-7-14(15)20/h2-10H,1H3,(H,21,22). The fourth-order valence-electron chi connectivity index (χ4n) is 2.23. The second-order valence-corrected chi connectivity index (χ2v) is 5.42. The summed E-state index contributed by atoms with van der Waals surface area (Å²) >= 11 is 6.10. The zero-order chi connectivity index (χ0) is 16.4. The van der Waals surface area contributed by atoms with Gasteiger partial charge in [0.15, 0.2) is 5.76 Å². The van der Waals surface area contributed by atoms with Crippen LogP contribution in [0.3, 0.4) is 0 Å². The van der Waals surface area contributed by atoms with Crippen molar-refractivity contribution in [3.05, 3.63) is 76.8 Å². The van der Waals surface area contributed by atoms with Gasteiger partial charge in [-0.25, -0.2) is 4.39 Å². The SMILES string of the molecule is Cc1c(Cl)cccc1-c1ccc(C(=O)Nc2ccccc2F)o1. The highest BCUT2D eigenvalue weighted by Gasteiger charge is 2.15. The van der Waals surface area contributed by atoms with Gasteiger partial charge in [-0.1, -0.05) is 35.9 Å². The van der Waals surface area contributed by atoms with E-state index in [9.17, 15) is 9.18 Å². The molecule has 0 saturated heterocycles. The van der Waals surface area contributed by atoms with Gasteiger partial charge in [-0.05, 0) is 42.8 Å². The van der Waals surface area contributed by atoms with E-state index in [0.717, 1.165) is 11.1 Å². The summed E-state index contributed by atoms with van der Waals surface area (Å²) in [7, 11) is 0. The number of hydrogen-bond acceptors (Lipinski definition) is 2. The number of furan rings is 1. The first-order valence-electron chi connectivity index (χ1n) is 6.97. The van der Waals surface area contributed by atoms with E-state index in [0.29, 0.717) is 10.8 Å². The van der Waals surface area contributed by atoms with Crippen molar-refractivity contribution < 1.29 is 13.6 Å². The Kier molecular flexibility index (Phi) is 4.17. The number of carbonyl (C=O) groups excluding carboxylic acids is 1. The maximum Gasteiger partial charge on any atom is 0.291 e. The Balaban J connectivity index is 1.86. The summed E-state index contributed by atoms with van der Waals surface area (Å²) in [6.07, 6.45) is 0. The maximum absolute atomic E-state index is 13.6. The van der Waals surface area contributed by atoms with Crippen molar-refractivity contribution >= 4 is 23.2 Å². The summed E-state index contributed by atoms with van der Waals surface area (Å²) in [4.78, 5) is 12.2. The lowest BCUT2D eigenvalue weighted by Gasteiger charge is -2.05.